The van der Waals surface area contributed by atoms with Crippen LogP contribution in [-0.2, 0) is 4.57 Å². The van der Waals surface area contributed by atoms with E-state index in [0.29, 0.717) is 16.5 Å². The Morgan fingerprint density at radius 1 is 0.553 bits per heavy atom. The molecule has 0 fully saturated rings. The molecule has 0 saturated heterocycles. The molecule has 0 aliphatic carbocycles. The molecule has 5 rings (SSSR count). The quantitative estimate of drug-likeness (QED) is 0.211. The largest absolute Gasteiger partial charge is 0.497 e. The number of hydrogen-bond acceptors (Lipinski definition) is 6. The Balaban J connectivity index is 1.83. The number of benzene rings is 5. The van der Waals surface area contributed by atoms with Gasteiger partial charge >= 0.3 is 0 Å². The highest BCUT2D eigenvalue weighted by Gasteiger charge is 2.46. The van der Waals surface area contributed by atoms with Gasteiger partial charge in [-0.05, 0) is 57.9 Å². The summed E-state index contributed by atoms with van der Waals surface area (Å²) in [7, 11) is -0.125. The van der Waals surface area contributed by atoms with Crippen LogP contribution in [0, 0.1) is 0 Å². The maximum Gasteiger partial charge on any atom is 0.249 e. The van der Waals surface area contributed by atoms with Crippen LogP contribution < -0.4 is 19.5 Å². The molecule has 190 valence electrons. The molecule has 7 heteroatoms. The smallest absolute Gasteiger partial charge is 0.249 e. The average molecular weight is 525 g/mol. The fraction of sp³-hybridized carbons (Fsp3) is 0.0968. The lowest BCUT2D eigenvalue weighted by atomic mass is 10.0. The number of ether oxygens (including phenoxy) is 3. The molecule has 0 saturated carbocycles. The van der Waals surface area contributed by atoms with Crippen LogP contribution >= 0.6 is 7.14 Å². The number of rotatable bonds is 8. The first kappa shape index (κ1) is 25.2. The zero-order chi connectivity index (χ0) is 26.9. The summed E-state index contributed by atoms with van der Waals surface area (Å²) in [5.41, 5.74) is -1.43. The summed E-state index contributed by atoms with van der Waals surface area (Å²) < 4.78 is 31.5. The van der Waals surface area contributed by atoms with Crippen LogP contribution in [-0.4, -0.2) is 32.4 Å². The molecule has 5 aromatic carbocycles. The van der Waals surface area contributed by atoms with E-state index in [1.165, 1.54) is 33.5 Å². The highest BCUT2D eigenvalue weighted by atomic mass is 31.2. The van der Waals surface area contributed by atoms with E-state index >= 15 is 4.57 Å². The topological polar surface area (TPSA) is 78.9 Å². The van der Waals surface area contributed by atoms with Crippen LogP contribution in [0.25, 0.3) is 21.5 Å². The minimum Gasteiger partial charge on any atom is -0.497 e. The van der Waals surface area contributed by atoms with Crippen LogP contribution in [0.1, 0.15) is 20.7 Å². The Bertz CT molecular complexity index is 1640. The van der Waals surface area contributed by atoms with Crippen molar-refractivity contribution >= 4 is 45.0 Å². The summed E-state index contributed by atoms with van der Waals surface area (Å²) in [4.78, 5) is 29.1. The summed E-state index contributed by atoms with van der Waals surface area (Å²) in [6.45, 7) is 0. The van der Waals surface area contributed by atoms with Gasteiger partial charge in [0.05, 0.1) is 32.5 Å². The number of fused-ring (bicyclic) bond motifs is 2. The SMILES string of the molecule is COc1ccc(P(=O)(C(=O)c2c(OC)ccc3ccccc23)C(=O)c2c(OC)ccc3ccccc23)cc1. The molecule has 0 heterocycles. The molecule has 0 atom stereocenters. The second-order valence-corrected chi connectivity index (χ2v) is 11.2. The van der Waals surface area contributed by atoms with Crippen LogP contribution in [0.5, 0.6) is 17.2 Å². The lowest BCUT2D eigenvalue weighted by Crippen LogP contribution is -2.22. The van der Waals surface area contributed by atoms with Crippen molar-refractivity contribution in [1.29, 1.82) is 0 Å². The minimum atomic E-state index is -4.51. The van der Waals surface area contributed by atoms with Crippen LogP contribution in [0.4, 0.5) is 0 Å². The Morgan fingerprint density at radius 2 is 1.00 bits per heavy atom. The Labute approximate surface area is 220 Å². The van der Waals surface area contributed by atoms with Crippen molar-refractivity contribution in [1.82, 2.24) is 0 Å². The van der Waals surface area contributed by atoms with E-state index in [1.54, 1.807) is 48.5 Å². The van der Waals surface area contributed by atoms with Gasteiger partial charge in [0.15, 0.2) is 0 Å². The van der Waals surface area contributed by atoms with E-state index in [0.717, 1.165) is 10.8 Å². The Kier molecular flexibility index (Phi) is 6.75. The van der Waals surface area contributed by atoms with Crippen molar-refractivity contribution in [3.05, 3.63) is 108 Å². The van der Waals surface area contributed by atoms with Crippen molar-refractivity contribution in [3.8, 4) is 17.2 Å². The molecule has 0 bridgehead atoms. The van der Waals surface area contributed by atoms with Gasteiger partial charge in [-0.3, -0.25) is 9.59 Å². The summed E-state index contributed by atoms with van der Waals surface area (Å²) in [5.74, 6) is 0.978. The zero-order valence-electron chi connectivity index (χ0n) is 21.1. The highest BCUT2D eigenvalue weighted by Crippen LogP contribution is 2.55. The third kappa shape index (κ3) is 4.04. The molecule has 0 radical (unpaired) electrons. The van der Waals surface area contributed by atoms with Crippen molar-refractivity contribution in [2.45, 2.75) is 0 Å². The van der Waals surface area contributed by atoms with Gasteiger partial charge in [-0.15, -0.1) is 0 Å². The van der Waals surface area contributed by atoms with E-state index in [2.05, 4.69) is 0 Å². The van der Waals surface area contributed by atoms with Gasteiger partial charge in [0.1, 0.15) is 17.2 Å². The lowest BCUT2D eigenvalue weighted by molar-refractivity contribution is 0.104. The highest BCUT2D eigenvalue weighted by molar-refractivity contribution is 8.01. The summed E-state index contributed by atoms with van der Waals surface area (Å²) in [5, 5.41) is 2.70. The summed E-state index contributed by atoms with van der Waals surface area (Å²) >= 11 is 0. The third-order valence-electron chi connectivity index (χ3n) is 6.66. The van der Waals surface area contributed by atoms with E-state index in [1.807, 2.05) is 36.4 Å². The second kappa shape index (κ2) is 10.2. The number of carbonyl (C=O) groups excluding carboxylic acids is 2. The maximum atomic E-state index is 15.2. The van der Waals surface area contributed by atoms with Gasteiger partial charge in [-0.25, -0.2) is 0 Å². The fourth-order valence-electron chi connectivity index (χ4n) is 4.72. The van der Waals surface area contributed by atoms with Crippen LogP contribution in [0.15, 0.2) is 97.1 Å². The summed E-state index contributed by atoms with van der Waals surface area (Å²) in [6.07, 6.45) is 0. The molecule has 6 nitrogen and oxygen atoms in total. The molecule has 5 aromatic rings. The van der Waals surface area contributed by atoms with E-state index in [9.17, 15) is 9.59 Å². The first-order chi connectivity index (χ1) is 18.4. The molecule has 0 N–H and O–H groups in total. The molecule has 0 unspecified atom stereocenters. The lowest BCUT2D eigenvalue weighted by Gasteiger charge is -2.21. The average Bonchev–Trinajstić information content (AvgIpc) is 2.98. The standard InChI is InChI=1S/C31H25O6P/c1-35-22-14-16-23(17-15-22)38(34,30(32)28-24-10-6-4-8-20(24)12-18-26(28)36-2)31(33)29-25-11-7-5-9-21(25)13-19-27(29)37-3/h4-19H,1-3H3. The normalized spacial score (nSPS) is 11.3. The van der Waals surface area contributed by atoms with Gasteiger partial charge in [0.2, 0.25) is 18.2 Å². The number of carbonyl (C=O) groups is 2. The van der Waals surface area contributed by atoms with Crippen LogP contribution in [0.3, 0.4) is 0 Å². The molecule has 0 aliphatic heterocycles. The van der Waals surface area contributed by atoms with Crippen molar-refractivity contribution in [2.75, 3.05) is 21.3 Å². The predicted molar refractivity (Wildman–Crippen MR) is 150 cm³/mol. The van der Waals surface area contributed by atoms with Crippen molar-refractivity contribution in [3.63, 3.8) is 0 Å². The zero-order valence-corrected chi connectivity index (χ0v) is 22.0. The molecular formula is C31H25O6P. The van der Waals surface area contributed by atoms with E-state index in [-0.39, 0.29) is 27.9 Å². The Hall–Kier alpha value is -4.41. The maximum absolute atomic E-state index is 15.2. The van der Waals surface area contributed by atoms with Gasteiger partial charge in [-0.2, -0.15) is 0 Å². The monoisotopic (exact) mass is 524 g/mol. The van der Waals surface area contributed by atoms with Gasteiger partial charge in [0.25, 0.3) is 0 Å². The predicted octanol–water partition coefficient (Wildman–Crippen LogP) is 6.69. The Morgan fingerprint density at radius 3 is 1.42 bits per heavy atom. The van der Waals surface area contributed by atoms with Gasteiger partial charge < -0.3 is 18.8 Å². The molecule has 0 amide bonds. The molecule has 38 heavy (non-hydrogen) atoms. The molecule has 0 aliphatic rings. The minimum absolute atomic E-state index is 0.0947. The van der Waals surface area contributed by atoms with Crippen molar-refractivity contribution < 1.29 is 28.4 Å². The molecule has 0 spiro atoms. The van der Waals surface area contributed by atoms with Gasteiger partial charge in [-0.1, -0.05) is 60.7 Å². The van der Waals surface area contributed by atoms with Crippen LogP contribution in [0.2, 0.25) is 0 Å². The number of hydrogen-bond donors (Lipinski definition) is 0. The number of methoxy groups -OCH3 is 3. The van der Waals surface area contributed by atoms with Gasteiger partial charge in [0, 0.05) is 5.30 Å². The first-order valence-electron chi connectivity index (χ1n) is 11.9. The second-order valence-electron chi connectivity index (χ2n) is 8.65. The van der Waals surface area contributed by atoms with Crippen molar-refractivity contribution in [2.24, 2.45) is 0 Å². The van der Waals surface area contributed by atoms with E-state index < -0.39 is 18.2 Å². The molecule has 0 aromatic heterocycles. The van der Waals surface area contributed by atoms with E-state index in [4.69, 9.17) is 14.2 Å². The summed E-state index contributed by atoms with van der Waals surface area (Å²) in [6, 6.07) is 27.6. The first-order valence-corrected chi connectivity index (χ1v) is 13.6. The third-order valence-corrected chi connectivity index (χ3v) is 9.27. The fourth-order valence-corrected chi connectivity index (χ4v) is 7.03. The molecular weight excluding hydrogens is 499 g/mol.